The molecule has 1 fully saturated rings. The van der Waals surface area contributed by atoms with Gasteiger partial charge in [-0.1, -0.05) is 18.7 Å². The van der Waals surface area contributed by atoms with E-state index in [-0.39, 0.29) is 11.9 Å². The first-order valence-electron chi connectivity index (χ1n) is 4.79. The molecule has 1 saturated heterocycles. The number of rotatable bonds is 1. The molecule has 0 bridgehead atoms. The van der Waals surface area contributed by atoms with Gasteiger partial charge in [0.05, 0.1) is 0 Å². The molecule has 1 atom stereocenters. The number of carbonyl (C=O) groups is 1. The fourth-order valence-corrected chi connectivity index (χ4v) is 2.20. The highest BCUT2D eigenvalue weighted by atomic mass is 32.2. The Labute approximate surface area is 93.5 Å². The molecule has 0 aliphatic carbocycles. The second-order valence-corrected chi connectivity index (χ2v) is 3.88. The fourth-order valence-electron chi connectivity index (χ4n) is 1.62. The molecule has 15 heavy (non-hydrogen) atoms. The van der Waals surface area contributed by atoms with Crippen molar-refractivity contribution in [1.82, 2.24) is 10.2 Å². The minimum atomic E-state index is -0.196. The summed E-state index contributed by atoms with van der Waals surface area (Å²) in [4.78, 5) is 17.2. The zero-order chi connectivity index (χ0) is 11.3. The van der Waals surface area contributed by atoms with Crippen molar-refractivity contribution in [2.75, 3.05) is 19.3 Å². The van der Waals surface area contributed by atoms with Crippen molar-refractivity contribution in [3.05, 3.63) is 0 Å². The maximum Gasteiger partial charge on any atom is 0.242 e. The van der Waals surface area contributed by atoms with E-state index in [1.165, 1.54) is 11.8 Å². The topological polar surface area (TPSA) is 68.5 Å². The number of amides is 1. The van der Waals surface area contributed by atoms with Gasteiger partial charge in [0, 0.05) is 13.1 Å². The van der Waals surface area contributed by atoms with Crippen LogP contribution in [0.2, 0.25) is 0 Å². The predicted molar refractivity (Wildman–Crippen MR) is 60.4 cm³/mol. The molecule has 1 heterocycles. The van der Waals surface area contributed by atoms with E-state index in [2.05, 4.69) is 10.3 Å². The molecule has 1 rings (SSSR count). The Morgan fingerprint density at radius 2 is 2.60 bits per heavy atom. The van der Waals surface area contributed by atoms with Gasteiger partial charge < -0.3 is 10.2 Å². The Morgan fingerprint density at radius 1 is 1.87 bits per heavy atom. The van der Waals surface area contributed by atoms with E-state index in [0.29, 0.717) is 18.3 Å². The van der Waals surface area contributed by atoms with Gasteiger partial charge in [-0.3, -0.25) is 4.79 Å². The third kappa shape index (κ3) is 2.63. The number of hydrogen-bond acceptors (Lipinski definition) is 4. The molecular formula is C9H14N4OS. The van der Waals surface area contributed by atoms with Gasteiger partial charge in [0.15, 0.2) is 5.17 Å². The van der Waals surface area contributed by atoms with Crippen molar-refractivity contribution in [2.45, 2.75) is 19.4 Å². The van der Waals surface area contributed by atoms with Crippen molar-refractivity contribution in [2.24, 2.45) is 4.99 Å². The SMILES string of the molecule is CCC1C(=O)NCCN1C(=NC#N)SC. The first-order valence-corrected chi connectivity index (χ1v) is 6.02. The van der Waals surface area contributed by atoms with Crippen molar-refractivity contribution >= 4 is 22.8 Å². The highest BCUT2D eigenvalue weighted by Crippen LogP contribution is 2.14. The first-order chi connectivity index (χ1) is 7.24. The monoisotopic (exact) mass is 226 g/mol. The summed E-state index contributed by atoms with van der Waals surface area (Å²) in [6.45, 7) is 3.28. The number of nitriles is 1. The van der Waals surface area contributed by atoms with E-state index < -0.39 is 0 Å². The first kappa shape index (κ1) is 11.9. The summed E-state index contributed by atoms with van der Waals surface area (Å²) < 4.78 is 0. The molecular weight excluding hydrogens is 212 g/mol. The van der Waals surface area contributed by atoms with Crippen LogP contribution < -0.4 is 5.32 Å². The van der Waals surface area contributed by atoms with Gasteiger partial charge in [0.25, 0.3) is 0 Å². The largest absolute Gasteiger partial charge is 0.353 e. The summed E-state index contributed by atoms with van der Waals surface area (Å²) in [5.41, 5.74) is 0. The van der Waals surface area contributed by atoms with Crippen LogP contribution in [0.4, 0.5) is 0 Å². The van der Waals surface area contributed by atoms with Crippen LogP contribution in [0, 0.1) is 11.5 Å². The summed E-state index contributed by atoms with van der Waals surface area (Å²) in [7, 11) is 0. The smallest absolute Gasteiger partial charge is 0.242 e. The normalized spacial score (nSPS) is 22.2. The van der Waals surface area contributed by atoms with Crippen LogP contribution in [-0.2, 0) is 4.79 Å². The zero-order valence-electron chi connectivity index (χ0n) is 8.86. The van der Waals surface area contributed by atoms with Gasteiger partial charge in [-0.25, -0.2) is 0 Å². The standard InChI is InChI=1S/C9H14N4OS/c1-3-7-8(14)11-4-5-13(7)9(15-2)12-6-10/h7H,3-5H2,1-2H3,(H,11,14). The number of nitrogens with zero attached hydrogens (tertiary/aromatic N) is 3. The molecule has 0 saturated carbocycles. The second kappa shape index (κ2) is 5.61. The van der Waals surface area contributed by atoms with Gasteiger partial charge in [0.1, 0.15) is 6.04 Å². The maximum atomic E-state index is 11.6. The van der Waals surface area contributed by atoms with Crippen LogP contribution >= 0.6 is 11.8 Å². The minimum Gasteiger partial charge on any atom is -0.353 e. The van der Waals surface area contributed by atoms with E-state index in [9.17, 15) is 4.79 Å². The molecule has 1 aliphatic heterocycles. The molecule has 1 amide bonds. The molecule has 0 aromatic carbocycles. The molecule has 0 spiro atoms. The van der Waals surface area contributed by atoms with Crippen molar-refractivity contribution in [1.29, 1.82) is 5.26 Å². The average molecular weight is 226 g/mol. The van der Waals surface area contributed by atoms with E-state index in [4.69, 9.17) is 5.26 Å². The molecule has 1 N–H and O–H groups in total. The van der Waals surface area contributed by atoms with Crippen molar-refractivity contribution in [3.63, 3.8) is 0 Å². The van der Waals surface area contributed by atoms with Gasteiger partial charge >= 0.3 is 0 Å². The Hall–Kier alpha value is -1.22. The summed E-state index contributed by atoms with van der Waals surface area (Å²) in [5.74, 6) is 0.0171. The van der Waals surface area contributed by atoms with Gasteiger partial charge in [-0.05, 0) is 12.7 Å². The van der Waals surface area contributed by atoms with Gasteiger partial charge in [0.2, 0.25) is 12.1 Å². The van der Waals surface area contributed by atoms with Crippen LogP contribution in [0.3, 0.4) is 0 Å². The lowest BCUT2D eigenvalue weighted by atomic mass is 10.1. The number of thioether (sulfide) groups is 1. The molecule has 82 valence electrons. The molecule has 0 aromatic rings. The van der Waals surface area contributed by atoms with Crippen LogP contribution in [0.5, 0.6) is 0 Å². The minimum absolute atomic E-state index is 0.0171. The number of amidine groups is 1. The number of aliphatic imine (C=N–C) groups is 1. The molecule has 0 aromatic heterocycles. The van der Waals surface area contributed by atoms with Gasteiger partial charge in [-0.2, -0.15) is 5.26 Å². The van der Waals surface area contributed by atoms with Crippen molar-refractivity contribution < 1.29 is 4.79 Å². The van der Waals surface area contributed by atoms with E-state index in [1.54, 1.807) is 6.19 Å². The lowest BCUT2D eigenvalue weighted by Gasteiger charge is -2.35. The van der Waals surface area contributed by atoms with E-state index in [1.807, 2.05) is 18.1 Å². The highest BCUT2D eigenvalue weighted by molar-refractivity contribution is 8.13. The summed E-state index contributed by atoms with van der Waals surface area (Å²) in [6, 6.07) is -0.196. The second-order valence-electron chi connectivity index (χ2n) is 3.11. The Balaban J connectivity index is 2.86. The van der Waals surface area contributed by atoms with E-state index >= 15 is 0 Å². The Bertz CT molecular complexity index is 310. The van der Waals surface area contributed by atoms with E-state index in [0.717, 1.165) is 6.42 Å². The number of piperazine rings is 1. The predicted octanol–water partition coefficient (Wildman–Crippen LogP) is 0.397. The van der Waals surface area contributed by atoms with Crippen molar-refractivity contribution in [3.8, 4) is 6.19 Å². The lowest BCUT2D eigenvalue weighted by Crippen LogP contribution is -2.56. The number of carbonyl (C=O) groups excluding carboxylic acids is 1. The van der Waals surface area contributed by atoms with Crippen LogP contribution in [0.1, 0.15) is 13.3 Å². The molecule has 0 radical (unpaired) electrons. The molecule has 1 unspecified atom stereocenters. The van der Waals surface area contributed by atoms with Crippen LogP contribution in [0.15, 0.2) is 4.99 Å². The van der Waals surface area contributed by atoms with Gasteiger partial charge in [-0.15, -0.1) is 4.99 Å². The quantitative estimate of drug-likeness (QED) is 0.399. The molecule has 1 aliphatic rings. The van der Waals surface area contributed by atoms with Crippen LogP contribution in [0.25, 0.3) is 0 Å². The Morgan fingerprint density at radius 3 is 3.13 bits per heavy atom. The Kier molecular flexibility index (Phi) is 4.43. The zero-order valence-corrected chi connectivity index (χ0v) is 9.67. The maximum absolute atomic E-state index is 11.6. The third-order valence-corrected chi connectivity index (χ3v) is 2.98. The molecule has 5 nitrogen and oxygen atoms in total. The lowest BCUT2D eigenvalue weighted by molar-refractivity contribution is -0.127. The summed E-state index contributed by atoms with van der Waals surface area (Å²) in [5, 5.41) is 12.0. The van der Waals surface area contributed by atoms with Crippen LogP contribution in [-0.4, -0.2) is 41.4 Å². The molecule has 6 heteroatoms. The summed E-state index contributed by atoms with van der Waals surface area (Å²) in [6.07, 6.45) is 4.34. The highest BCUT2D eigenvalue weighted by Gasteiger charge is 2.29. The average Bonchev–Trinajstić information content (AvgIpc) is 2.25. The fraction of sp³-hybridized carbons (Fsp3) is 0.667. The third-order valence-electron chi connectivity index (χ3n) is 2.29. The number of hydrogen-bond donors (Lipinski definition) is 1. The number of nitrogens with one attached hydrogen (secondary N) is 1. The summed E-state index contributed by atoms with van der Waals surface area (Å²) >= 11 is 1.40.